The minimum atomic E-state index is -0.143. The molecule has 4 rings (SSSR count). The molecule has 3 aliphatic rings. The van der Waals surface area contributed by atoms with E-state index < -0.39 is 0 Å². The van der Waals surface area contributed by atoms with Crippen molar-refractivity contribution in [3.05, 3.63) is 41.4 Å². The fourth-order valence-electron chi connectivity index (χ4n) is 4.72. The number of imide groups is 1. The molecular formula is C22H28ClIN4O3. The molecule has 168 valence electrons. The maximum absolute atomic E-state index is 12.7. The van der Waals surface area contributed by atoms with Crippen LogP contribution in [0, 0.1) is 23.7 Å². The average molecular weight is 559 g/mol. The summed E-state index contributed by atoms with van der Waals surface area (Å²) in [5.41, 5.74) is 0. The topological polar surface area (TPSA) is 83.0 Å². The molecule has 1 heterocycles. The maximum Gasteiger partial charge on any atom is 0.233 e. The van der Waals surface area contributed by atoms with Gasteiger partial charge in [0.15, 0.2) is 5.96 Å². The fraction of sp³-hybridized carbons (Fsp3) is 0.500. The number of hydrogen-bond donors (Lipinski definition) is 2. The molecule has 1 aromatic rings. The van der Waals surface area contributed by atoms with E-state index in [4.69, 9.17) is 16.3 Å². The van der Waals surface area contributed by atoms with E-state index in [2.05, 4.69) is 27.8 Å². The SMILES string of the molecule is CN=C(NCCN1C(=O)C2C3C=CC(C3)C2C1=O)NCC(C)Oc1ccc(Cl)cc1.I. The normalized spacial score (nSPS) is 27.2. The van der Waals surface area contributed by atoms with Crippen molar-refractivity contribution in [3.63, 3.8) is 0 Å². The zero-order chi connectivity index (χ0) is 21.3. The highest BCUT2D eigenvalue weighted by molar-refractivity contribution is 14.0. The Morgan fingerprint density at radius 1 is 1.16 bits per heavy atom. The molecule has 9 heteroatoms. The van der Waals surface area contributed by atoms with Gasteiger partial charge in [-0.15, -0.1) is 24.0 Å². The van der Waals surface area contributed by atoms with Crippen molar-refractivity contribution < 1.29 is 14.3 Å². The number of nitrogens with zero attached hydrogens (tertiary/aromatic N) is 2. The van der Waals surface area contributed by atoms with E-state index in [1.54, 1.807) is 19.2 Å². The van der Waals surface area contributed by atoms with Gasteiger partial charge in [0.25, 0.3) is 0 Å². The first-order valence-electron chi connectivity index (χ1n) is 10.4. The van der Waals surface area contributed by atoms with Crippen LogP contribution in [0.4, 0.5) is 0 Å². The number of amides is 2. The first-order valence-corrected chi connectivity index (χ1v) is 10.8. The molecule has 2 aliphatic carbocycles. The van der Waals surface area contributed by atoms with E-state index in [1.807, 2.05) is 19.1 Å². The minimum Gasteiger partial charge on any atom is -0.489 e. The molecule has 5 unspecified atom stereocenters. The predicted octanol–water partition coefficient (Wildman–Crippen LogP) is 2.70. The molecule has 0 aromatic heterocycles. The zero-order valence-corrected chi connectivity index (χ0v) is 20.7. The number of nitrogens with one attached hydrogen (secondary N) is 2. The van der Waals surface area contributed by atoms with Crippen molar-refractivity contribution >= 4 is 53.4 Å². The van der Waals surface area contributed by atoms with Crippen molar-refractivity contribution in [3.8, 4) is 5.75 Å². The van der Waals surface area contributed by atoms with Crippen LogP contribution >= 0.6 is 35.6 Å². The van der Waals surface area contributed by atoms with Crippen LogP contribution in [0.15, 0.2) is 41.4 Å². The van der Waals surface area contributed by atoms with Crippen molar-refractivity contribution in [2.24, 2.45) is 28.7 Å². The molecule has 1 aromatic carbocycles. The number of ether oxygens (including phenoxy) is 1. The van der Waals surface area contributed by atoms with Gasteiger partial charge in [-0.3, -0.25) is 19.5 Å². The van der Waals surface area contributed by atoms with Crippen LogP contribution in [0.2, 0.25) is 5.02 Å². The Bertz CT molecular complexity index is 846. The lowest BCUT2D eigenvalue weighted by Crippen LogP contribution is -2.45. The van der Waals surface area contributed by atoms with Crippen LogP contribution in [-0.2, 0) is 9.59 Å². The van der Waals surface area contributed by atoms with Crippen LogP contribution in [0.1, 0.15) is 13.3 Å². The number of carbonyl (C=O) groups is 2. The number of rotatable bonds is 7. The third-order valence-electron chi connectivity index (χ3n) is 6.12. The van der Waals surface area contributed by atoms with Gasteiger partial charge in [0.1, 0.15) is 11.9 Å². The van der Waals surface area contributed by atoms with Gasteiger partial charge in [-0.05, 0) is 49.4 Å². The summed E-state index contributed by atoms with van der Waals surface area (Å²) >= 11 is 5.89. The monoisotopic (exact) mass is 558 g/mol. The maximum atomic E-state index is 12.7. The Balaban J connectivity index is 0.00000272. The molecule has 2 bridgehead atoms. The van der Waals surface area contributed by atoms with Gasteiger partial charge >= 0.3 is 0 Å². The number of fused-ring (bicyclic) bond motifs is 5. The van der Waals surface area contributed by atoms with E-state index in [0.29, 0.717) is 30.6 Å². The number of carbonyl (C=O) groups excluding carboxylic acids is 2. The van der Waals surface area contributed by atoms with Gasteiger partial charge in [-0.2, -0.15) is 0 Å². The summed E-state index contributed by atoms with van der Waals surface area (Å²) in [7, 11) is 1.68. The van der Waals surface area contributed by atoms with Crippen LogP contribution in [0.3, 0.4) is 0 Å². The quantitative estimate of drug-likeness (QED) is 0.177. The Kier molecular flexibility index (Phi) is 7.85. The predicted molar refractivity (Wildman–Crippen MR) is 131 cm³/mol. The summed E-state index contributed by atoms with van der Waals surface area (Å²) in [6.45, 7) is 3.30. The standard InChI is InChI=1S/C22H27ClN4O3.HI/c1-13(30-17-7-5-16(23)6-8-17)12-26-22(24-2)25-9-10-27-20(28)18-14-3-4-15(11-14)19(18)21(27)29;/h3-8,13-15,18-19H,9-12H2,1-2H3,(H2,24,25,26);1H. The number of benzene rings is 1. The van der Waals surface area contributed by atoms with Crippen LogP contribution in [0.5, 0.6) is 5.75 Å². The molecule has 0 radical (unpaired) electrons. The summed E-state index contributed by atoms with van der Waals surface area (Å²) in [5.74, 6) is 1.51. The molecule has 7 nitrogen and oxygen atoms in total. The van der Waals surface area contributed by atoms with Crippen LogP contribution in [0.25, 0.3) is 0 Å². The lowest BCUT2D eigenvalue weighted by molar-refractivity contribution is -0.140. The number of allylic oxidation sites excluding steroid dienone is 2. The number of likely N-dealkylation sites (tertiary alicyclic amines) is 1. The molecule has 1 aliphatic heterocycles. The Labute approximate surface area is 204 Å². The van der Waals surface area contributed by atoms with Gasteiger partial charge in [-0.25, -0.2) is 0 Å². The lowest BCUT2D eigenvalue weighted by Gasteiger charge is -2.20. The zero-order valence-electron chi connectivity index (χ0n) is 17.6. The van der Waals surface area contributed by atoms with Crippen molar-refractivity contribution in [1.29, 1.82) is 0 Å². The molecular weight excluding hydrogens is 531 g/mol. The second kappa shape index (κ2) is 10.2. The third kappa shape index (κ3) is 5.00. The van der Waals surface area contributed by atoms with Gasteiger partial charge in [0.05, 0.1) is 18.4 Å². The molecule has 2 amide bonds. The smallest absolute Gasteiger partial charge is 0.233 e. The van der Waals surface area contributed by atoms with E-state index in [9.17, 15) is 9.59 Å². The molecule has 5 atom stereocenters. The van der Waals surface area contributed by atoms with E-state index in [0.717, 1.165) is 12.2 Å². The third-order valence-corrected chi connectivity index (χ3v) is 6.37. The summed E-state index contributed by atoms with van der Waals surface area (Å²) < 4.78 is 5.84. The molecule has 2 fully saturated rings. The molecule has 31 heavy (non-hydrogen) atoms. The second-order valence-corrected chi connectivity index (χ2v) is 8.53. The highest BCUT2D eigenvalue weighted by atomic mass is 127. The van der Waals surface area contributed by atoms with Crippen molar-refractivity contribution in [1.82, 2.24) is 15.5 Å². The van der Waals surface area contributed by atoms with Crippen LogP contribution in [-0.4, -0.2) is 55.5 Å². The molecule has 2 N–H and O–H groups in total. The van der Waals surface area contributed by atoms with E-state index in [1.165, 1.54) is 4.90 Å². The number of guanidine groups is 1. The molecule has 0 spiro atoms. The van der Waals surface area contributed by atoms with Gasteiger partial charge in [0.2, 0.25) is 11.8 Å². The summed E-state index contributed by atoms with van der Waals surface area (Å²) in [5, 5.41) is 7.04. The largest absolute Gasteiger partial charge is 0.489 e. The Morgan fingerprint density at radius 2 is 1.77 bits per heavy atom. The highest BCUT2D eigenvalue weighted by Gasteiger charge is 2.58. The van der Waals surface area contributed by atoms with E-state index in [-0.39, 0.29) is 65.6 Å². The van der Waals surface area contributed by atoms with Crippen molar-refractivity contribution in [2.75, 3.05) is 26.7 Å². The summed E-state index contributed by atoms with van der Waals surface area (Å²) in [4.78, 5) is 31.0. The number of hydrogen-bond acceptors (Lipinski definition) is 4. The van der Waals surface area contributed by atoms with Crippen molar-refractivity contribution in [2.45, 2.75) is 19.4 Å². The van der Waals surface area contributed by atoms with Gasteiger partial charge in [0, 0.05) is 25.2 Å². The number of aliphatic imine (C=N–C) groups is 1. The lowest BCUT2D eigenvalue weighted by atomic mass is 9.85. The molecule has 1 saturated heterocycles. The minimum absolute atomic E-state index is 0. The Morgan fingerprint density at radius 3 is 2.35 bits per heavy atom. The second-order valence-electron chi connectivity index (χ2n) is 8.09. The summed E-state index contributed by atoms with van der Waals surface area (Å²) in [6, 6.07) is 7.22. The van der Waals surface area contributed by atoms with Crippen LogP contribution < -0.4 is 15.4 Å². The average Bonchev–Trinajstić information content (AvgIpc) is 3.41. The number of halogens is 2. The highest BCUT2D eigenvalue weighted by Crippen LogP contribution is 2.52. The van der Waals surface area contributed by atoms with Gasteiger partial charge < -0.3 is 15.4 Å². The Hall–Kier alpha value is -1.81. The molecule has 1 saturated carbocycles. The first-order chi connectivity index (χ1) is 14.5. The summed E-state index contributed by atoms with van der Waals surface area (Å²) in [6.07, 6.45) is 5.08. The first kappa shape index (κ1) is 23.8. The van der Waals surface area contributed by atoms with Gasteiger partial charge in [-0.1, -0.05) is 23.8 Å². The fourth-order valence-corrected chi connectivity index (χ4v) is 4.84. The van der Waals surface area contributed by atoms with E-state index >= 15 is 0 Å².